The van der Waals surface area contributed by atoms with Crippen LogP contribution in [0.1, 0.15) is 0 Å². The molecule has 0 atom stereocenters. The fraction of sp³-hybridized carbons (Fsp3) is 0. The van der Waals surface area contributed by atoms with Gasteiger partial charge >= 0.3 is 0 Å². The first-order chi connectivity index (χ1) is 2.41. The van der Waals surface area contributed by atoms with Crippen LogP contribution in [0.5, 0.6) is 0 Å². The van der Waals surface area contributed by atoms with E-state index >= 15 is 0 Å². The summed E-state index contributed by atoms with van der Waals surface area (Å²) in [6.07, 6.45) is 0.953. The molecule has 0 aliphatic carbocycles. The molecule has 2 nitrogen and oxygen atoms in total. The average Bonchev–Trinajstić information content (AvgIpc) is 1.41. The van der Waals surface area contributed by atoms with Crippen molar-refractivity contribution in [1.82, 2.24) is 0 Å². The number of rotatable bonds is 1. The van der Waals surface area contributed by atoms with Crippen LogP contribution in [0.25, 0.3) is 0 Å². The first-order valence-electron chi connectivity index (χ1n) is 1.02. The van der Waals surface area contributed by atoms with Crippen molar-refractivity contribution in [2.45, 2.75) is 0 Å². The minimum absolute atomic E-state index is 0.953. The van der Waals surface area contributed by atoms with Crippen LogP contribution in [-0.4, -0.2) is 11.5 Å². The van der Waals surface area contributed by atoms with Crippen LogP contribution < -0.4 is 0 Å². The molecule has 0 aromatic rings. The van der Waals surface area contributed by atoms with Gasteiger partial charge in [-0.15, -0.1) is 0 Å². The highest BCUT2D eigenvalue weighted by atomic mass is 79.9. The quantitative estimate of drug-likeness (QED) is 0.411. The van der Waals surface area contributed by atoms with Gasteiger partial charge in [-0.1, -0.05) is 0 Å². The van der Waals surface area contributed by atoms with Gasteiger partial charge < -0.3 is 0 Å². The summed E-state index contributed by atoms with van der Waals surface area (Å²) in [6.45, 7) is 0. The summed E-state index contributed by atoms with van der Waals surface area (Å²) < 4.78 is 0. The normalized spacial score (nSPS) is 9.00. The maximum atomic E-state index is 6.25. The molecule has 0 aromatic heterocycles. The summed E-state index contributed by atoms with van der Waals surface area (Å²) in [6, 6.07) is 0. The lowest BCUT2D eigenvalue weighted by Gasteiger charge is -1.55. The van der Waals surface area contributed by atoms with Gasteiger partial charge in [-0.3, -0.25) is 5.41 Å². The van der Waals surface area contributed by atoms with Crippen molar-refractivity contribution in [1.29, 1.82) is 5.41 Å². The Kier molecular flexibility index (Phi) is 3.68. The number of hydrogen-bond acceptors (Lipinski definition) is 1. The first-order valence-corrected chi connectivity index (χ1v) is 1.94. The van der Waals surface area contributed by atoms with Crippen LogP contribution in [0.15, 0.2) is 4.99 Å². The lowest BCUT2D eigenvalue weighted by molar-refractivity contribution is 1.53. The molecule has 0 rings (SSSR count). The monoisotopic (exact) mass is 134 g/mol. The zero-order valence-electron chi connectivity index (χ0n) is 2.48. The zero-order chi connectivity index (χ0) is 4.12. The Morgan fingerprint density at radius 2 is 2.40 bits per heavy atom. The Balaban J connectivity index is 2.92. The van der Waals surface area contributed by atoms with Crippen molar-refractivity contribution in [3.05, 3.63) is 0 Å². The molecule has 0 bridgehead atoms. The largest absolute Gasteiger partial charge is 0.290 e. The highest BCUT2D eigenvalue weighted by molar-refractivity contribution is 9.17. The minimum atomic E-state index is 0.953. The Morgan fingerprint density at radius 1 is 1.80 bits per heavy atom. The summed E-state index contributed by atoms with van der Waals surface area (Å²) in [7, 11) is 0. The van der Waals surface area contributed by atoms with Crippen LogP contribution in [0.2, 0.25) is 0 Å². The molecule has 3 heteroatoms. The molecule has 0 aliphatic rings. The Bertz CT molecular complexity index is 49.6. The SMILES string of the molecule is N=CN=CBr. The van der Waals surface area contributed by atoms with E-state index in [2.05, 4.69) is 20.9 Å². The van der Waals surface area contributed by atoms with Gasteiger partial charge in [0.1, 0.15) is 6.34 Å². The summed E-state index contributed by atoms with van der Waals surface area (Å²) in [5, 5.41) is 7.62. The molecule has 0 fully saturated rings. The third-order valence-electron chi connectivity index (χ3n) is 0.131. The highest BCUT2D eigenvalue weighted by Gasteiger charge is 1.44. The van der Waals surface area contributed by atoms with Crippen molar-refractivity contribution in [2.24, 2.45) is 4.99 Å². The van der Waals surface area contributed by atoms with E-state index in [0.29, 0.717) is 0 Å². The number of aliphatic imine (C=N–C) groups is 1. The number of nitrogens with one attached hydrogen (secondary N) is 1. The van der Waals surface area contributed by atoms with Crippen molar-refractivity contribution in [2.75, 3.05) is 0 Å². The van der Waals surface area contributed by atoms with Crippen LogP contribution in [-0.2, 0) is 0 Å². The lowest BCUT2D eigenvalue weighted by Crippen LogP contribution is -1.51. The minimum Gasteiger partial charge on any atom is -0.290 e. The Labute approximate surface area is 38.6 Å². The van der Waals surface area contributed by atoms with Gasteiger partial charge in [0.2, 0.25) is 0 Å². The van der Waals surface area contributed by atoms with Gasteiger partial charge in [0.15, 0.2) is 0 Å². The van der Waals surface area contributed by atoms with Gasteiger partial charge in [-0.05, 0) is 15.9 Å². The molecule has 0 spiro atoms. The predicted octanol–water partition coefficient (Wildman–Crippen LogP) is 1.02. The number of nitrogens with zero attached hydrogens (tertiary/aromatic N) is 1. The van der Waals surface area contributed by atoms with E-state index in [1.807, 2.05) is 0 Å². The molecular weight excluding hydrogens is 132 g/mol. The van der Waals surface area contributed by atoms with E-state index in [0.717, 1.165) is 6.34 Å². The molecule has 0 radical (unpaired) electrons. The van der Waals surface area contributed by atoms with Crippen LogP contribution >= 0.6 is 15.9 Å². The fourth-order valence-electron chi connectivity index (χ4n) is 0.0282. The molecule has 0 heterocycles. The third-order valence-corrected chi connectivity index (χ3v) is 0.367. The lowest BCUT2D eigenvalue weighted by atomic mass is 11.3. The molecule has 0 saturated carbocycles. The zero-order valence-corrected chi connectivity index (χ0v) is 4.07. The summed E-state index contributed by atoms with van der Waals surface area (Å²) in [5.41, 5.74) is 0. The predicted molar refractivity (Wildman–Crippen MR) is 26.2 cm³/mol. The molecule has 0 aliphatic heterocycles. The summed E-state index contributed by atoms with van der Waals surface area (Å²) in [5.74, 6) is 0. The van der Waals surface area contributed by atoms with Crippen LogP contribution in [0.3, 0.4) is 0 Å². The first kappa shape index (κ1) is 4.82. The smallest absolute Gasteiger partial charge is 0.107 e. The van der Waals surface area contributed by atoms with E-state index in [4.69, 9.17) is 5.41 Å². The standard InChI is InChI=1S/C2H3BrN2/c3-1-5-2-4/h1-2,4H. The Hall–Kier alpha value is -0.180. The van der Waals surface area contributed by atoms with E-state index in [-0.39, 0.29) is 0 Å². The van der Waals surface area contributed by atoms with Crippen molar-refractivity contribution >= 4 is 27.4 Å². The maximum absolute atomic E-state index is 6.25. The van der Waals surface area contributed by atoms with E-state index in [9.17, 15) is 0 Å². The van der Waals surface area contributed by atoms with Crippen LogP contribution in [0, 0.1) is 5.41 Å². The molecule has 0 aromatic carbocycles. The van der Waals surface area contributed by atoms with E-state index < -0.39 is 0 Å². The second kappa shape index (κ2) is 3.82. The Morgan fingerprint density at radius 3 is 2.40 bits per heavy atom. The van der Waals surface area contributed by atoms with Gasteiger partial charge in [0.05, 0.1) is 5.12 Å². The molecular formula is C2H3BrN2. The maximum Gasteiger partial charge on any atom is 0.107 e. The van der Waals surface area contributed by atoms with Crippen molar-refractivity contribution < 1.29 is 0 Å². The van der Waals surface area contributed by atoms with E-state index in [1.165, 1.54) is 5.12 Å². The number of halogens is 1. The van der Waals surface area contributed by atoms with Gasteiger partial charge in [0, 0.05) is 0 Å². The van der Waals surface area contributed by atoms with Crippen LogP contribution in [0.4, 0.5) is 0 Å². The van der Waals surface area contributed by atoms with Gasteiger partial charge in [-0.25, -0.2) is 4.99 Å². The molecule has 0 unspecified atom stereocenters. The second-order valence-electron chi connectivity index (χ2n) is 0.376. The summed E-state index contributed by atoms with van der Waals surface area (Å²) in [4.78, 5) is 3.31. The highest BCUT2D eigenvalue weighted by Crippen LogP contribution is 1.63. The fourth-order valence-corrected chi connectivity index (χ4v) is 0.146. The van der Waals surface area contributed by atoms with Crippen molar-refractivity contribution in [3.8, 4) is 0 Å². The summed E-state index contributed by atoms with van der Waals surface area (Å²) >= 11 is 2.87. The van der Waals surface area contributed by atoms with Crippen molar-refractivity contribution in [3.63, 3.8) is 0 Å². The molecule has 1 N–H and O–H groups in total. The topological polar surface area (TPSA) is 36.2 Å². The third kappa shape index (κ3) is 3.82. The second-order valence-corrected chi connectivity index (χ2v) is 0.785. The molecule has 0 saturated heterocycles. The van der Waals surface area contributed by atoms with Gasteiger partial charge in [-0.2, -0.15) is 0 Å². The molecule has 0 amide bonds. The molecule has 5 heavy (non-hydrogen) atoms. The molecule has 28 valence electrons. The van der Waals surface area contributed by atoms with E-state index in [1.54, 1.807) is 0 Å². The number of hydrogen-bond donors (Lipinski definition) is 1. The average molecular weight is 135 g/mol. The van der Waals surface area contributed by atoms with Gasteiger partial charge in [0.25, 0.3) is 0 Å².